The summed E-state index contributed by atoms with van der Waals surface area (Å²) in [6.07, 6.45) is 3.61. The van der Waals surface area contributed by atoms with Gasteiger partial charge in [-0.2, -0.15) is 4.98 Å². The fourth-order valence-corrected chi connectivity index (χ4v) is 4.40. The molecule has 1 saturated heterocycles. The van der Waals surface area contributed by atoms with Gasteiger partial charge in [-0.05, 0) is 45.0 Å². The molecular formula is C22H29N5O5S. The molecule has 1 aromatic carbocycles. The van der Waals surface area contributed by atoms with E-state index < -0.39 is 15.4 Å². The minimum atomic E-state index is -3.26. The van der Waals surface area contributed by atoms with E-state index in [1.807, 2.05) is 25.7 Å². The Morgan fingerprint density at radius 3 is 2.39 bits per heavy atom. The number of hydrogen-bond acceptors (Lipinski definition) is 9. The fraction of sp³-hybridized carbons (Fsp3) is 0.500. The third-order valence-electron chi connectivity index (χ3n) is 5.41. The van der Waals surface area contributed by atoms with Crippen molar-refractivity contribution >= 4 is 33.1 Å². The lowest BCUT2D eigenvalue weighted by molar-refractivity contribution is 0.0123. The van der Waals surface area contributed by atoms with Crippen LogP contribution in [0.4, 0.5) is 22.0 Å². The van der Waals surface area contributed by atoms with Gasteiger partial charge in [0, 0.05) is 37.9 Å². The summed E-state index contributed by atoms with van der Waals surface area (Å²) in [4.78, 5) is 24.9. The Balaban J connectivity index is 1.42. The lowest BCUT2D eigenvalue weighted by atomic mass is 10.1. The summed E-state index contributed by atoms with van der Waals surface area (Å²) in [6, 6.07) is 6.67. The summed E-state index contributed by atoms with van der Waals surface area (Å²) >= 11 is 0. The maximum absolute atomic E-state index is 12.3. The molecule has 33 heavy (non-hydrogen) atoms. The highest BCUT2D eigenvalue weighted by atomic mass is 32.2. The van der Waals surface area contributed by atoms with E-state index in [1.54, 1.807) is 29.2 Å². The number of nitrogens with one attached hydrogen (secondary N) is 1. The molecule has 11 heteroatoms. The molecule has 0 unspecified atom stereocenters. The van der Waals surface area contributed by atoms with Gasteiger partial charge in [0.25, 0.3) is 0 Å². The highest BCUT2D eigenvalue weighted by Crippen LogP contribution is 2.40. The van der Waals surface area contributed by atoms with Crippen LogP contribution in [0.1, 0.15) is 33.6 Å². The molecule has 0 spiro atoms. The molecular weight excluding hydrogens is 446 g/mol. The molecule has 4 rings (SSSR count). The highest BCUT2D eigenvalue weighted by molar-refractivity contribution is 7.90. The number of benzene rings is 1. The Kier molecular flexibility index (Phi) is 6.08. The second-order valence-corrected chi connectivity index (χ2v) is 11.2. The monoisotopic (exact) mass is 475 g/mol. The lowest BCUT2D eigenvalue weighted by Gasteiger charge is -2.33. The number of hydrogen-bond donors (Lipinski definition) is 1. The lowest BCUT2D eigenvalue weighted by Crippen LogP contribution is -2.44. The predicted octanol–water partition coefficient (Wildman–Crippen LogP) is 3.18. The largest absolute Gasteiger partial charge is 0.473 e. The van der Waals surface area contributed by atoms with Crippen LogP contribution in [-0.2, 0) is 14.6 Å². The van der Waals surface area contributed by atoms with E-state index in [1.165, 1.54) is 12.6 Å². The van der Waals surface area contributed by atoms with Gasteiger partial charge in [0.2, 0.25) is 5.88 Å². The molecule has 0 radical (unpaired) electrons. The first kappa shape index (κ1) is 23.1. The average Bonchev–Trinajstić information content (AvgIpc) is 3.18. The molecule has 0 aliphatic carbocycles. The van der Waals surface area contributed by atoms with Gasteiger partial charge in [-0.15, -0.1) is 0 Å². The molecule has 3 heterocycles. The zero-order chi connectivity index (χ0) is 23.8. The topological polar surface area (TPSA) is 114 Å². The van der Waals surface area contributed by atoms with Crippen LogP contribution in [0.5, 0.6) is 5.88 Å². The maximum Gasteiger partial charge on any atom is 0.410 e. The van der Waals surface area contributed by atoms with Crippen molar-refractivity contribution in [3.8, 4) is 5.88 Å². The average molecular weight is 476 g/mol. The molecule has 0 saturated carbocycles. The van der Waals surface area contributed by atoms with Crippen LogP contribution >= 0.6 is 0 Å². The summed E-state index contributed by atoms with van der Waals surface area (Å²) in [5, 5.41) is 3.28. The van der Waals surface area contributed by atoms with Crippen molar-refractivity contribution in [3.05, 3.63) is 30.6 Å². The molecule has 0 atom stereocenters. The van der Waals surface area contributed by atoms with Crippen LogP contribution < -0.4 is 15.0 Å². The van der Waals surface area contributed by atoms with Crippen molar-refractivity contribution in [2.45, 2.75) is 50.2 Å². The van der Waals surface area contributed by atoms with Crippen LogP contribution in [0, 0.1) is 0 Å². The van der Waals surface area contributed by atoms with Gasteiger partial charge >= 0.3 is 6.09 Å². The second-order valence-electron chi connectivity index (χ2n) is 9.19. The van der Waals surface area contributed by atoms with Gasteiger partial charge in [-0.3, -0.25) is 0 Å². The zero-order valence-corrected chi connectivity index (χ0v) is 20.1. The number of fused-ring (bicyclic) bond motifs is 1. The third-order valence-corrected chi connectivity index (χ3v) is 6.54. The maximum atomic E-state index is 12.3. The third kappa shape index (κ3) is 5.29. The Hall–Kier alpha value is -3.08. The number of likely N-dealkylation sites (tertiary alicyclic amines) is 1. The predicted molar refractivity (Wildman–Crippen MR) is 124 cm³/mol. The minimum absolute atomic E-state index is 0.0763. The van der Waals surface area contributed by atoms with Crippen LogP contribution in [0.3, 0.4) is 0 Å². The molecule has 178 valence electrons. The SMILES string of the molecule is CC(C)(C)OC(=O)N1CCC(Oc2ncnc3c2NCN3c2ccc(S(C)(=O)=O)cc2)CC1. The Bertz CT molecular complexity index is 1120. The highest BCUT2D eigenvalue weighted by Gasteiger charge is 2.31. The van der Waals surface area contributed by atoms with Gasteiger partial charge < -0.3 is 24.6 Å². The number of nitrogens with zero attached hydrogens (tertiary/aromatic N) is 4. The van der Waals surface area contributed by atoms with E-state index in [0.29, 0.717) is 50.0 Å². The number of carbonyl (C=O) groups is 1. The van der Waals surface area contributed by atoms with Crippen molar-refractivity contribution in [1.82, 2.24) is 14.9 Å². The van der Waals surface area contributed by atoms with Crippen molar-refractivity contribution in [3.63, 3.8) is 0 Å². The van der Waals surface area contributed by atoms with Crippen molar-refractivity contribution in [2.24, 2.45) is 0 Å². The Labute approximate surface area is 193 Å². The molecule has 1 amide bonds. The minimum Gasteiger partial charge on any atom is -0.473 e. The second kappa shape index (κ2) is 8.69. The molecule has 10 nitrogen and oxygen atoms in total. The quantitative estimate of drug-likeness (QED) is 0.712. The van der Waals surface area contributed by atoms with E-state index >= 15 is 0 Å². The number of amides is 1. The van der Waals surface area contributed by atoms with E-state index in [-0.39, 0.29) is 17.1 Å². The normalized spacial score (nSPS) is 16.8. The van der Waals surface area contributed by atoms with Crippen molar-refractivity contribution < 1.29 is 22.7 Å². The first-order valence-electron chi connectivity index (χ1n) is 10.8. The number of carbonyl (C=O) groups excluding carboxylic acids is 1. The van der Waals surface area contributed by atoms with Gasteiger partial charge in [0.1, 0.15) is 23.7 Å². The number of piperidine rings is 1. The fourth-order valence-electron chi connectivity index (χ4n) is 3.77. The van der Waals surface area contributed by atoms with Gasteiger partial charge in [-0.1, -0.05) is 0 Å². The smallest absolute Gasteiger partial charge is 0.410 e. The Morgan fingerprint density at radius 2 is 1.79 bits per heavy atom. The summed E-state index contributed by atoms with van der Waals surface area (Å²) < 4.78 is 35.1. The van der Waals surface area contributed by atoms with Gasteiger partial charge in [0.05, 0.1) is 11.6 Å². The van der Waals surface area contributed by atoms with Crippen LogP contribution in [0.2, 0.25) is 0 Å². The molecule has 2 aliphatic rings. The molecule has 1 aromatic heterocycles. The van der Waals surface area contributed by atoms with E-state index in [2.05, 4.69) is 15.3 Å². The van der Waals surface area contributed by atoms with Gasteiger partial charge in [0.15, 0.2) is 15.7 Å². The number of aromatic nitrogens is 2. The van der Waals surface area contributed by atoms with Crippen molar-refractivity contribution in [2.75, 3.05) is 36.2 Å². The molecule has 2 aliphatic heterocycles. The van der Waals surface area contributed by atoms with Crippen LogP contribution in [0.25, 0.3) is 0 Å². The van der Waals surface area contributed by atoms with E-state index in [9.17, 15) is 13.2 Å². The van der Waals surface area contributed by atoms with Crippen LogP contribution in [-0.4, -0.2) is 67.1 Å². The summed E-state index contributed by atoms with van der Waals surface area (Å²) in [7, 11) is -3.26. The number of sulfone groups is 1. The summed E-state index contributed by atoms with van der Waals surface area (Å²) in [6.45, 7) is 7.13. The first-order chi connectivity index (χ1) is 15.5. The Morgan fingerprint density at radius 1 is 1.12 bits per heavy atom. The van der Waals surface area contributed by atoms with E-state index in [0.717, 1.165) is 5.69 Å². The number of anilines is 3. The standard InChI is InChI=1S/C22H29N5O5S/c1-22(2,3)32-21(28)26-11-9-16(10-12-26)31-20-18-19(23-13-24-20)27(14-25-18)15-5-7-17(8-6-15)33(4,29)30/h5-8,13,16,25H,9-12,14H2,1-4H3. The summed E-state index contributed by atoms with van der Waals surface area (Å²) in [5.74, 6) is 1.13. The first-order valence-corrected chi connectivity index (χ1v) is 12.7. The molecule has 0 bridgehead atoms. The van der Waals surface area contributed by atoms with Crippen LogP contribution in [0.15, 0.2) is 35.5 Å². The van der Waals surface area contributed by atoms with Crippen molar-refractivity contribution in [1.29, 1.82) is 0 Å². The van der Waals surface area contributed by atoms with Gasteiger partial charge in [-0.25, -0.2) is 18.2 Å². The zero-order valence-electron chi connectivity index (χ0n) is 19.2. The number of ether oxygens (including phenoxy) is 2. The molecule has 1 fully saturated rings. The summed E-state index contributed by atoms with van der Waals surface area (Å²) in [5.41, 5.74) is 0.984. The van der Waals surface area contributed by atoms with E-state index in [4.69, 9.17) is 9.47 Å². The molecule has 2 aromatic rings. The molecule has 1 N–H and O–H groups in total. The number of rotatable bonds is 4.